The van der Waals surface area contributed by atoms with Gasteiger partial charge in [0.1, 0.15) is 0 Å². The fourth-order valence-electron chi connectivity index (χ4n) is 0.502. The molecule has 0 radical (unpaired) electrons. The van der Waals surface area contributed by atoms with E-state index in [1.807, 2.05) is 5.43 Å². The summed E-state index contributed by atoms with van der Waals surface area (Å²) in [4.78, 5) is 19.0. The van der Waals surface area contributed by atoms with Gasteiger partial charge in [0, 0.05) is 6.42 Å². The predicted molar refractivity (Wildman–Crippen MR) is 45.5 cm³/mol. The van der Waals surface area contributed by atoms with E-state index in [2.05, 4.69) is 5.73 Å². The van der Waals surface area contributed by atoms with Crippen LogP contribution in [0.25, 0.3) is 0 Å². The van der Waals surface area contributed by atoms with Crippen LogP contribution in [-0.4, -0.2) is 18.9 Å². The van der Waals surface area contributed by atoms with Crippen LogP contribution in [0.5, 0.6) is 0 Å². The number of amides is 2. The Morgan fingerprint density at radius 1 is 1.42 bits per heavy atom. The van der Waals surface area contributed by atoms with Crippen molar-refractivity contribution in [3.05, 3.63) is 0 Å². The van der Waals surface area contributed by atoms with Crippen LogP contribution in [0.3, 0.4) is 0 Å². The SMILES string of the molecule is NC=O.NCCCCC(=O)NN. The number of hydrazine groups is 1. The number of unbranched alkanes of at least 4 members (excludes halogenated alkanes) is 1. The fraction of sp³-hybridized carbons (Fsp3) is 0.667. The van der Waals surface area contributed by atoms with Gasteiger partial charge in [0.05, 0.1) is 0 Å². The van der Waals surface area contributed by atoms with Gasteiger partial charge < -0.3 is 11.5 Å². The minimum absolute atomic E-state index is 0.122. The summed E-state index contributed by atoms with van der Waals surface area (Å²) in [6.07, 6.45) is 2.43. The average molecular weight is 176 g/mol. The summed E-state index contributed by atoms with van der Waals surface area (Å²) in [5.74, 6) is 4.70. The molecular formula is C6H16N4O2. The van der Waals surface area contributed by atoms with E-state index in [9.17, 15) is 4.79 Å². The summed E-state index contributed by atoms with van der Waals surface area (Å²) >= 11 is 0. The molecule has 6 heteroatoms. The first-order valence-corrected chi connectivity index (χ1v) is 3.57. The average Bonchev–Trinajstić information content (AvgIpc) is 2.06. The number of rotatable bonds is 4. The second-order valence-corrected chi connectivity index (χ2v) is 1.95. The molecule has 0 unspecified atom stereocenters. The molecule has 0 aromatic rings. The number of carbonyl (C=O) groups excluding carboxylic acids is 2. The largest absolute Gasteiger partial charge is 0.372 e. The van der Waals surface area contributed by atoms with Crippen LogP contribution in [0.1, 0.15) is 19.3 Å². The van der Waals surface area contributed by atoms with Crippen molar-refractivity contribution in [2.75, 3.05) is 6.54 Å². The van der Waals surface area contributed by atoms with Gasteiger partial charge in [-0.3, -0.25) is 15.0 Å². The minimum Gasteiger partial charge on any atom is -0.372 e. The summed E-state index contributed by atoms with van der Waals surface area (Å²) in [5.41, 5.74) is 11.4. The summed E-state index contributed by atoms with van der Waals surface area (Å²) in [6.45, 7) is 0.637. The molecule has 0 fully saturated rings. The second-order valence-electron chi connectivity index (χ2n) is 1.95. The zero-order valence-corrected chi connectivity index (χ0v) is 6.95. The first kappa shape index (κ1) is 13.4. The lowest BCUT2D eigenvalue weighted by atomic mass is 10.2. The molecule has 0 spiro atoms. The number of nitrogens with one attached hydrogen (secondary N) is 1. The molecule has 0 atom stereocenters. The molecule has 2 amide bonds. The Hall–Kier alpha value is -1.14. The molecule has 6 nitrogen and oxygen atoms in total. The molecular weight excluding hydrogens is 160 g/mol. The number of primary amides is 1. The maximum Gasteiger partial charge on any atom is 0.233 e. The van der Waals surface area contributed by atoms with Crippen molar-refractivity contribution in [2.24, 2.45) is 17.3 Å². The van der Waals surface area contributed by atoms with E-state index in [4.69, 9.17) is 16.4 Å². The Bertz CT molecular complexity index is 118. The van der Waals surface area contributed by atoms with Crippen LogP contribution in [-0.2, 0) is 9.59 Å². The van der Waals surface area contributed by atoms with E-state index < -0.39 is 0 Å². The first-order valence-electron chi connectivity index (χ1n) is 3.57. The highest BCUT2D eigenvalue weighted by Gasteiger charge is 1.94. The standard InChI is InChI=1S/C5H13N3O.CH3NO/c6-4-2-1-3-5(9)8-7;2-1-3/h1-4,6-7H2,(H,8,9);1H,(H2,2,3). The highest BCUT2D eigenvalue weighted by molar-refractivity contribution is 5.74. The Morgan fingerprint density at radius 2 is 1.92 bits per heavy atom. The minimum atomic E-state index is -0.122. The molecule has 7 N–H and O–H groups in total. The van der Waals surface area contributed by atoms with Gasteiger partial charge in [-0.2, -0.15) is 0 Å². The van der Waals surface area contributed by atoms with Gasteiger partial charge in [0.2, 0.25) is 12.3 Å². The summed E-state index contributed by atoms with van der Waals surface area (Å²) < 4.78 is 0. The van der Waals surface area contributed by atoms with Gasteiger partial charge in [-0.15, -0.1) is 0 Å². The molecule has 0 aliphatic rings. The molecule has 0 heterocycles. The molecule has 0 bridgehead atoms. The molecule has 72 valence electrons. The van der Waals surface area contributed by atoms with Crippen molar-refractivity contribution in [1.82, 2.24) is 5.43 Å². The lowest BCUT2D eigenvalue weighted by Gasteiger charge is -1.96. The van der Waals surface area contributed by atoms with Crippen molar-refractivity contribution in [3.63, 3.8) is 0 Å². The molecule has 0 aromatic heterocycles. The Morgan fingerprint density at radius 3 is 2.25 bits per heavy atom. The van der Waals surface area contributed by atoms with Crippen LogP contribution in [0.15, 0.2) is 0 Å². The van der Waals surface area contributed by atoms with Gasteiger partial charge in [-0.1, -0.05) is 0 Å². The first-order chi connectivity index (χ1) is 5.72. The van der Waals surface area contributed by atoms with Crippen molar-refractivity contribution >= 4 is 12.3 Å². The van der Waals surface area contributed by atoms with E-state index in [1.54, 1.807) is 0 Å². The van der Waals surface area contributed by atoms with Gasteiger partial charge >= 0.3 is 0 Å². The molecule has 0 rings (SSSR count). The summed E-state index contributed by atoms with van der Waals surface area (Å²) in [5, 5.41) is 0. The maximum atomic E-state index is 10.4. The zero-order chi connectivity index (χ0) is 9.82. The van der Waals surface area contributed by atoms with Crippen molar-refractivity contribution in [3.8, 4) is 0 Å². The van der Waals surface area contributed by atoms with Gasteiger partial charge in [-0.05, 0) is 19.4 Å². The summed E-state index contributed by atoms with van der Waals surface area (Å²) in [6, 6.07) is 0. The lowest BCUT2D eigenvalue weighted by Crippen LogP contribution is -2.29. The van der Waals surface area contributed by atoms with Crippen LogP contribution in [0.2, 0.25) is 0 Å². The van der Waals surface area contributed by atoms with E-state index in [-0.39, 0.29) is 12.3 Å². The van der Waals surface area contributed by atoms with E-state index in [0.29, 0.717) is 13.0 Å². The Kier molecular flexibility index (Phi) is 14.0. The topological polar surface area (TPSA) is 124 Å². The van der Waals surface area contributed by atoms with E-state index >= 15 is 0 Å². The third-order valence-corrected chi connectivity index (χ3v) is 1.02. The van der Waals surface area contributed by atoms with Crippen molar-refractivity contribution in [1.29, 1.82) is 0 Å². The molecule has 0 aliphatic carbocycles. The molecule has 0 aliphatic heterocycles. The molecule has 0 saturated heterocycles. The lowest BCUT2D eigenvalue weighted by molar-refractivity contribution is -0.121. The van der Waals surface area contributed by atoms with Gasteiger partial charge in [-0.25, -0.2) is 5.84 Å². The monoisotopic (exact) mass is 176 g/mol. The van der Waals surface area contributed by atoms with E-state index in [1.165, 1.54) is 0 Å². The van der Waals surface area contributed by atoms with Crippen LogP contribution in [0.4, 0.5) is 0 Å². The third kappa shape index (κ3) is 15.9. The molecule has 0 saturated carbocycles. The zero-order valence-electron chi connectivity index (χ0n) is 6.95. The number of carbonyl (C=O) groups is 2. The van der Waals surface area contributed by atoms with Crippen LogP contribution >= 0.6 is 0 Å². The van der Waals surface area contributed by atoms with Gasteiger partial charge in [0.15, 0.2) is 0 Å². The smallest absolute Gasteiger partial charge is 0.233 e. The Balaban J connectivity index is 0. The molecule has 12 heavy (non-hydrogen) atoms. The fourth-order valence-corrected chi connectivity index (χ4v) is 0.502. The molecule has 0 aromatic carbocycles. The quantitative estimate of drug-likeness (QED) is 0.133. The normalized spacial score (nSPS) is 7.83. The van der Waals surface area contributed by atoms with Crippen molar-refractivity contribution in [2.45, 2.75) is 19.3 Å². The van der Waals surface area contributed by atoms with E-state index in [0.717, 1.165) is 12.8 Å². The number of nitrogens with two attached hydrogens (primary N) is 3. The Labute approximate surface area is 71.4 Å². The van der Waals surface area contributed by atoms with Gasteiger partial charge in [0.25, 0.3) is 0 Å². The van der Waals surface area contributed by atoms with Crippen molar-refractivity contribution < 1.29 is 9.59 Å². The highest BCUT2D eigenvalue weighted by Crippen LogP contribution is 1.91. The maximum absolute atomic E-state index is 10.4. The highest BCUT2D eigenvalue weighted by atomic mass is 16.2. The second kappa shape index (κ2) is 12.5. The van der Waals surface area contributed by atoms with Crippen LogP contribution in [0, 0.1) is 0 Å². The predicted octanol–water partition coefficient (Wildman–Crippen LogP) is -1.79. The number of hydrogen-bond acceptors (Lipinski definition) is 4. The third-order valence-electron chi connectivity index (χ3n) is 1.02. The van der Waals surface area contributed by atoms with Crippen LogP contribution < -0.4 is 22.7 Å². The number of hydrogen-bond donors (Lipinski definition) is 4. The summed E-state index contributed by atoms with van der Waals surface area (Å²) in [7, 11) is 0.